The Kier molecular flexibility index (Phi) is 6.93. The van der Waals surface area contributed by atoms with Crippen LogP contribution in [0.3, 0.4) is 0 Å². The van der Waals surface area contributed by atoms with Gasteiger partial charge < -0.3 is 19.4 Å². The molecular weight excluding hydrogens is 394 g/mol. The Balaban J connectivity index is 1.83. The molecule has 2 aromatic rings. The first-order chi connectivity index (χ1) is 14.8. The molecule has 0 bridgehead atoms. The number of nitriles is 1. The molecular formula is C24H27N3O4. The second-order valence-electron chi connectivity index (χ2n) is 7.72. The molecule has 1 aromatic carbocycles. The molecule has 2 heterocycles. The number of benzene rings is 1. The van der Waals surface area contributed by atoms with Crippen molar-refractivity contribution < 1.29 is 19.1 Å². The molecule has 7 heteroatoms. The maximum atomic E-state index is 12.8. The summed E-state index contributed by atoms with van der Waals surface area (Å²) in [6.07, 6.45) is 3.92. The number of aromatic nitrogens is 1. The van der Waals surface area contributed by atoms with Crippen molar-refractivity contribution in [3.8, 4) is 6.07 Å². The molecule has 1 amide bonds. The van der Waals surface area contributed by atoms with E-state index in [0.29, 0.717) is 11.3 Å². The third-order valence-corrected chi connectivity index (χ3v) is 5.59. The fourth-order valence-corrected chi connectivity index (χ4v) is 3.74. The minimum atomic E-state index is -0.531. The van der Waals surface area contributed by atoms with Crippen LogP contribution in [0.15, 0.2) is 29.8 Å². The molecule has 1 aliphatic heterocycles. The van der Waals surface area contributed by atoms with E-state index in [1.807, 2.05) is 32.9 Å². The number of amides is 1. The van der Waals surface area contributed by atoms with E-state index < -0.39 is 11.9 Å². The number of rotatable bonds is 6. The first-order valence-corrected chi connectivity index (χ1v) is 10.2. The van der Waals surface area contributed by atoms with Gasteiger partial charge in [-0.05, 0) is 69.0 Å². The monoisotopic (exact) mass is 421 g/mol. The molecule has 1 aromatic heterocycles. The Morgan fingerprint density at radius 3 is 2.74 bits per heavy atom. The molecule has 1 fully saturated rings. The second-order valence-corrected chi connectivity index (χ2v) is 7.72. The number of hydrogen-bond acceptors (Lipinski definition) is 5. The number of esters is 1. The highest BCUT2D eigenvalue weighted by Gasteiger charge is 2.19. The summed E-state index contributed by atoms with van der Waals surface area (Å²) in [5.41, 5.74) is 4.40. The van der Waals surface area contributed by atoms with E-state index >= 15 is 0 Å². The van der Waals surface area contributed by atoms with Gasteiger partial charge in [0.05, 0.1) is 18.8 Å². The van der Waals surface area contributed by atoms with Crippen molar-refractivity contribution in [1.29, 1.82) is 5.26 Å². The number of anilines is 1. The zero-order valence-electron chi connectivity index (χ0n) is 18.3. The first-order valence-electron chi connectivity index (χ1n) is 10.2. The van der Waals surface area contributed by atoms with Gasteiger partial charge in [0.15, 0.2) is 0 Å². The van der Waals surface area contributed by atoms with E-state index in [2.05, 4.69) is 9.88 Å². The Bertz CT molecular complexity index is 1070. The predicted octanol–water partition coefficient (Wildman–Crippen LogP) is 3.92. The number of methoxy groups -OCH3 is 1. The average Bonchev–Trinajstić information content (AvgIpc) is 3.36. The van der Waals surface area contributed by atoms with Gasteiger partial charge in [0, 0.05) is 30.2 Å². The molecule has 0 radical (unpaired) electrons. The van der Waals surface area contributed by atoms with Crippen LogP contribution in [0.5, 0.6) is 0 Å². The number of nitrogens with zero attached hydrogens (tertiary/aromatic N) is 2. The lowest BCUT2D eigenvalue weighted by atomic mass is 10.1. The summed E-state index contributed by atoms with van der Waals surface area (Å²) >= 11 is 0. The number of nitrogens with one attached hydrogen (secondary N) is 1. The van der Waals surface area contributed by atoms with Gasteiger partial charge in [-0.3, -0.25) is 4.79 Å². The Labute approximate surface area is 182 Å². The lowest BCUT2D eigenvalue weighted by molar-refractivity contribution is -0.112. The van der Waals surface area contributed by atoms with Crippen molar-refractivity contribution in [2.45, 2.75) is 46.3 Å². The Morgan fingerprint density at radius 2 is 2.10 bits per heavy atom. The minimum absolute atomic E-state index is 0.0137. The van der Waals surface area contributed by atoms with Crippen LogP contribution in [0.25, 0.3) is 6.08 Å². The summed E-state index contributed by atoms with van der Waals surface area (Å²) in [5, 5.41) is 12.3. The van der Waals surface area contributed by atoms with Crippen molar-refractivity contribution in [3.63, 3.8) is 0 Å². The van der Waals surface area contributed by atoms with Crippen molar-refractivity contribution in [3.05, 3.63) is 57.9 Å². The van der Waals surface area contributed by atoms with Gasteiger partial charge in [-0.2, -0.15) is 5.26 Å². The molecule has 1 N–H and O–H groups in total. The standard InChI is InChI=1S/C24H27N3O4/c1-15-7-8-18(24(29)30-4)12-22(15)26-23(28)20(13-25)11-19-10-16(2)27(17(19)3)14-21-6-5-9-31-21/h7-8,10-12,21H,5-6,9,14H2,1-4H3,(H,26,28)/b20-11-. The van der Waals surface area contributed by atoms with Gasteiger partial charge >= 0.3 is 5.97 Å². The van der Waals surface area contributed by atoms with Crippen LogP contribution in [-0.2, 0) is 20.8 Å². The fraction of sp³-hybridized carbons (Fsp3) is 0.375. The van der Waals surface area contributed by atoms with Crippen LogP contribution in [0.2, 0.25) is 0 Å². The average molecular weight is 421 g/mol. The van der Waals surface area contributed by atoms with Gasteiger partial charge in [-0.1, -0.05) is 6.07 Å². The van der Waals surface area contributed by atoms with E-state index in [1.54, 1.807) is 24.3 Å². The highest BCUT2D eigenvalue weighted by Crippen LogP contribution is 2.23. The van der Waals surface area contributed by atoms with Crippen molar-refractivity contribution in [2.75, 3.05) is 19.0 Å². The van der Waals surface area contributed by atoms with Crippen molar-refractivity contribution in [1.82, 2.24) is 4.57 Å². The molecule has 1 atom stereocenters. The summed E-state index contributed by atoms with van der Waals surface area (Å²) in [5.74, 6) is -1.03. The third-order valence-electron chi connectivity index (χ3n) is 5.59. The maximum absolute atomic E-state index is 12.8. The molecule has 31 heavy (non-hydrogen) atoms. The minimum Gasteiger partial charge on any atom is -0.465 e. The number of aryl methyl sites for hydroxylation is 2. The van der Waals surface area contributed by atoms with Crippen LogP contribution < -0.4 is 5.32 Å². The van der Waals surface area contributed by atoms with E-state index in [0.717, 1.165) is 48.5 Å². The first kappa shape index (κ1) is 22.3. The van der Waals surface area contributed by atoms with Gasteiger partial charge in [0.2, 0.25) is 0 Å². The van der Waals surface area contributed by atoms with Crippen LogP contribution in [0.4, 0.5) is 5.69 Å². The summed E-state index contributed by atoms with van der Waals surface area (Å²) in [6.45, 7) is 7.36. The van der Waals surface area contributed by atoms with Crippen molar-refractivity contribution in [2.24, 2.45) is 0 Å². The summed E-state index contributed by atoms with van der Waals surface area (Å²) in [4.78, 5) is 24.6. The smallest absolute Gasteiger partial charge is 0.337 e. The maximum Gasteiger partial charge on any atom is 0.337 e. The van der Waals surface area contributed by atoms with Crippen LogP contribution in [-0.4, -0.2) is 36.3 Å². The number of hydrogen-bond donors (Lipinski definition) is 1. The molecule has 7 nitrogen and oxygen atoms in total. The largest absolute Gasteiger partial charge is 0.465 e. The SMILES string of the molecule is COC(=O)c1ccc(C)c(NC(=O)/C(C#N)=C\c2cc(C)n(CC3CCCO3)c2C)c1. The molecule has 3 rings (SSSR count). The van der Waals surface area contributed by atoms with Gasteiger partial charge in [-0.15, -0.1) is 0 Å². The molecule has 0 aliphatic carbocycles. The lowest BCUT2D eigenvalue weighted by Crippen LogP contribution is -2.17. The van der Waals surface area contributed by atoms with Crippen LogP contribution in [0.1, 0.15) is 45.7 Å². The highest BCUT2D eigenvalue weighted by molar-refractivity contribution is 6.10. The quantitative estimate of drug-likeness (QED) is 0.433. The number of ether oxygens (including phenoxy) is 2. The van der Waals surface area contributed by atoms with E-state index in [4.69, 9.17) is 9.47 Å². The summed E-state index contributed by atoms with van der Waals surface area (Å²) < 4.78 is 12.6. The zero-order chi connectivity index (χ0) is 22.5. The van der Waals surface area contributed by atoms with Crippen LogP contribution in [0, 0.1) is 32.1 Å². The van der Waals surface area contributed by atoms with Gasteiger partial charge in [0.1, 0.15) is 11.6 Å². The normalized spacial score (nSPS) is 16.1. The van der Waals surface area contributed by atoms with E-state index in [9.17, 15) is 14.9 Å². The topological polar surface area (TPSA) is 93.4 Å². The lowest BCUT2D eigenvalue weighted by Gasteiger charge is -2.14. The van der Waals surface area contributed by atoms with Crippen LogP contribution >= 0.6 is 0 Å². The van der Waals surface area contributed by atoms with Gasteiger partial charge in [-0.25, -0.2) is 4.79 Å². The molecule has 1 unspecified atom stereocenters. The van der Waals surface area contributed by atoms with Crippen molar-refractivity contribution >= 4 is 23.6 Å². The molecule has 0 saturated carbocycles. The zero-order valence-corrected chi connectivity index (χ0v) is 18.3. The third kappa shape index (κ3) is 5.04. The van der Waals surface area contributed by atoms with Gasteiger partial charge in [0.25, 0.3) is 5.91 Å². The van der Waals surface area contributed by atoms with E-state index in [1.165, 1.54) is 7.11 Å². The highest BCUT2D eigenvalue weighted by atomic mass is 16.5. The summed E-state index contributed by atoms with van der Waals surface area (Å²) in [7, 11) is 1.30. The molecule has 0 spiro atoms. The number of carbonyl (C=O) groups excluding carboxylic acids is 2. The number of carbonyl (C=O) groups is 2. The van der Waals surface area contributed by atoms with E-state index in [-0.39, 0.29) is 11.7 Å². The Hall–Kier alpha value is -3.37. The molecule has 1 saturated heterocycles. The predicted molar refractivity (Wildman–Crippen MR) is 118 cm³/mol. The Morgan fingerprint density at radius 1 is 1.32 bits per heavy atom. The summed E-state index contributed by atoms with van der Waals surface area (Å²) in [6, 6.07) is 8.85. The molecule has 1 aliphatic rings. The fourth-order valence-electron chi connectivity index (χ4n) is 3.74. The second kappa shape index (κ2) is 9.63. The molecule has 162 valence electrons.